The third-order valence-electron chi connectivity index (χ3n) is 0.162. The van der Waals surface area contributed by atoms with Gasteiger partial charge in [-0.15, -0.1) is 0 Å². The third-order valence-corrected chi connectivity index (χ3v) is 1.05. The first-order valence-corrected chi connectivity index (χ1v) is 2.84. The first-order chi connectivity index (χ1) is 2.77. The Morgan fingerprint density at radius 1 is 1.83 bits per heavy atom. The molecule has 0 radical (unpaired) electrons. The van der Waals surface area contributed by atoms with Crippen LogP contribution in [0, 0.1) is 10.8 Å². The maximum atomic E-state index is 6.62. The SMILES string of the molecule is N=CSC(=N)Br. The molecule has 0 aromatic rings. The number of hydrogen-bond donors (Lipinski definition) is 2. The van der Waals surface area contributed by atoms with Crippen LogP contribution in [0.4, 0.5) is 0 Å². The fraction of sp³-hybridized carbons (Fsp3) is 0. The van der Waals surface area contributed by atoms with Crippen LogP contribution in [0.15, 0.2) is 0 Å². The summed E-state index contributed by atoms with van der Waals surface area (Å²) in [6.07, 6.45) is 0. The van der Waals surface area contributed by atoms with Crippen LogP contribution in [0.25, 0.3) is 0 Å². The van der Waals surface area contributed by atoms with E-state index in [1.165, 1.54) is 0 Å². The van der Waals surface area contributed by atoms with Gasteiger partial charge in [0.2, 0.25) is 0 Å². The molecule has 0 aromatic heterocycles. The highest BCUT2D eigenvalue weighted by atomic mass is 79.9. The largest absolute Gasteiger partial charge is 0.301 e. The highest BCUT2D eigenvalue weighted by molar-refractivity contribution is 9.22. The van der Waals surface area contributed by atoms with Crippen LogP contribution in [0.1, 0.15) is 0 Å². The molecule has 0 aliphatic rings. The van der Waals surface area contributed by atoms with E-state index in [0.717, 1.165) is 17.3 Å². The van der Waals surface area contributed by atoms with Gasteiger partial charge in [-0.3, -0.25) is 5.41 Å². The molecule has 4 heteroatoms. The predicted octanol–water partition coefficient (Wildman–Crippen LogP) is 1.66. The molecule has 0 saturated carbocycles. The number of nitrogens with one attached hydrogen (secondary N) is 2. The number of halogens is 1. The summed E-state index contributed by atoms with van der Waals surface area (Å²) >= 11 is 3.86. The fourth-order valence-electron chi connectivity index (χ4n) is 0.0517. The van der Waals surface area contributed by atoms with Crippen LogP contribution in [0.3, 0.4) is 0 Å². The van der Waals surface area contributed by atoms with Gasteiger partial charge in [-0.25, -0.2) is 0 Å². The highest BCUT2D eigenvalue weighted by Gasteiger charge is 1.79. The Kier molecular flexibility index (Phi) is 3.46. The number of hydrogen-bond acceptors (Lipinski definition) is 3. The predicted molar refractivity (Wildman–Crippen MR) is 33.0 cm³/mol. The first kappa shape index (κ1) is 6.17. The van der Waals surface area contributed by atoms with Crippen LogP contribution in [-0.4, -0.2) is 9.50 Å². The van der Waals surface area contributed by atoms with Gasteiger partial charge in [-0.2, -0.15) is 0 Å². The molecule has 0 bridgehead atoms. The topological polar surface area (TPSA) is 47.7 Å². The Morgan fingerprint density at radius 2 is 2.33 bits per heavy atom. The summed E-state index contributed by atoms with van der Waals surface area (Å²) in [6.45, 7) is 0. The van der Waals surface area contributed by atoms with Gasteiger partial charge in [0.15, 0.2) is 0 Å². The van der Waals surface area contributed by atoms with Crippen LogP contribution in [-0.2, 0) is 0 Å². The maximum absolute atomic E-state index is 6.62. The fourth-order valence-corrected chi connectivity index (χ4v) is 0.436. The zero-order chi connectivity index (χ0) is 4.99. The van der Waals surface area contributed by atoms with E-state index < -0.39 is 0 Å². The summed E-state index contributed by atoms with van der Waals surface area (Å²) in [5.41, 5.74) is 1.09. The molecular weight excluding hydrogens is 164 g/mol. The minimum atomic E-state index is 0.275. The minimum absolute atomic E-state index is 0.275. The average Bonchev–Trinajstić information content (AvgIpc) is 1.35. The van der Waals surface area contributed by atoms with E-state index in [4.69, 9.17) is 10.8 Å². The second kappa shape index (κ2) is 3.36. The molecule has 0 atom stereocenters. The Hall–Kier alpha value is 0.170. The zero-order valence-corrected chi connectivity index (χ0v) is 5.27. The lowest BCUT2D eigenvalue weighted by atomic mass is 11.7. The lowest BCUT2D eigenvalue weighted by molar-refractivity contribution is 1.59. The molecule has 0 unspecified atom stereocenters. The third kappa shape index (κ3) is 4.17. The van der Waals surface area contributed by atoms with Gasteiger partial charge in [0, 0.05) is 0 Å². The van der Waals surface area contributed by atoms with Crippen molar-refractivity contribution in [1.29, 1.82) is 10.8 Å². The summed E-state index contributed by atoms with van der Waals surface area (Å²) in [5.74, 6) is 0. The van der Waals surface area contributed by atoms with Gasteiger partial charge in [-0.05, 0) is 15.9 Å². The van der Waals surface area contributed by atoms with Crippen molar-refractivity contribution in [2.75, 3.05) is 0 Å². The molecule has 0 heterocycles. The van der Waals surface area contributed by atoms with Crippen molar-refractivity contribution >= 4 is 37.2 Å². The van der Waals surface area contributed by atoms with Crippen molar-refractivity contribution in [1.82, 2.24) is 0 Å². The molecule has 2 N–H and O–H groups in total. The van der Waals surface area contributed by atoms with Crippen molar-refractivity contribution in [2.24, 2.45) is 0 Å². The molecule has 2 nitrogen and oxygen atoms in total. The zero-order valence-electron chi connectivity index (χ0n) is 2.86. The molecule has 0 aliphatic heterocycles. The molecule has 6 heavy (non-hydrogen) atoms. The van der Waals surface area contributed by atoms with E-state index in [0.29, 0.717) is 0 Å². The Bertz CT molecular complexity index is 71.9. The van der Waals surface area contributed by atoms with Gasteiger partial charge in [0.1, 0.15) is 3.95 Å². The van der Waals surface area contributed by atoms with E-state index in [-0.39, 0.29) is 3.95 Å². The Balaban J connectivity index is 3.05. The van der Waals surface area contributed by atoms with Crippen molar-refractivity contribution in [3.05, 3.63) is 0 Å². The number of rotatable bonds is 1. The number of thioether (sulfide) groups is 1. The quantitative estimate of drug-likeness (QED) is 0.452. The summed E-state index contributed by atoms with van der Waals surface area (Å²) in [5, 5.41) is 13.0. The van der Waals surface area contributed by atoms with Crippen molar-refractivity contribution in [3.63, 3.8) is 0 Å². The van der Waals surface area contributed by atoms with Crippen LogP contribution in [0.2, 0.25) is 0 Å². The maximum Gasteiger partial charge on any atom is 0.136 e. The Morgan fingerprint density at radius 3 is 2.33 bits per heavy atom. The molecule has 0 rings (SSSR count). The molecule has 0 spiro atoms. The summed E-state index contributed by atoms with van der Waals surface area (Å²) in [7, 11) is 0. The van der Waals surface area contributed by atoms with Gasteiger partial charge in [0.25, 0.3) is 0 Å². The second-order valence-corrected chi connectivity index (χ2v) is 2.71. The molecule has 0 aliphatic carbocycles. The molecule has 0 fully saturated rings. The lowest BCUT2D eigenvalue weighted by Crippen LogP contribution is -1.67. The van der Waals surface area contributed by atoms with Gasteiger partial charge in [0.05, 0.1) is 5.55 Å². The lowest BCUT2D eigenvalue weighted by Gasteiger charge is -1.76. The molecule has 0 amide bonds. The van der Waals surface area contributed by atoms with Gasteiger partial charge < -0.3 is 5.41 Å². The van der Waals surface area contributed by atoms with E-state index in [2.05, 4.69) is 15.9 Å². The second-order valence-electron chi connectivity index (χ2n) is 0.509. The van der Waals surface area contributed by atoms with Gasteiger partial charge >= 0.3 is 0 Å². The highest BCUT2D eigenvalue weighted by Crippen LogP contribution is 2.01. The average molecular weight is 167 g/mol. The van der Waals surface area contributed by atoms with Crippen molar-refractivity contribution in [2.45, 2.75) is 0 Å². The van der Waals surface area contributed by atoms with Crippen LogP contribution >= 0.6 is 27.7 Å². The Labute approximate surface area is 48.5 Å². The van der Waals surface area contributed by atoms with Crippen LogP contribution in [0.5, 0.6) is 0 Å². The van der Waals surface area contributed by atoms with Gasteiger partial charge in [-0.1, -0.05) is 11.8 Å². The summed E-state index contributed by atoms with van der Waals surface area (Å²) in [6, 6.07) is 0. The smallest absolute Gasteiger partial charge is 0.136 e. The van der Waals surface area contributed by atoms with E-state index in [1.54, 1.807) is 0 Å². The molecule has 34 valence electrons. The minimum Gasteiger partial charge on any atom is -0.301 e. The molecular formula is C2H3BrN2S. The van der Waals surface area contributed by atoms with E-state index >= 15 is 0 Å². The summed E-state index contributed by atoms with van der Waals surface area (Å²) in [4.78, 5) is 0. The molecule has 0 aromatic carbocycles. The standard InChI is InChI=1S/C2H3BrN2S/c3-2(5)6-1-4/h1,4-5H. The van der Waals surface area contributed by atoms with Crippen LogP contribution < -0.4 is 0 Å². The first-order valence-electron chi connectivity index (χ1n) is 1.17. The monoisotopic (exact) mass is 166 g/mol. The van der Waals surface area contributed by atoms with Crippen molar-refractivity contribution < 1.29 is 0 Å². The van der Waals surface area contributed by atoms with Crippen molar-refractivity contribution in [3.8, 4) is 0 Å². The van der Waals surface area contributed by atoms with E-state index in [1.807, 2.05) is 0 Å². The normalized spacial score (nSPS) is 7.50. The molecule has 0 saturated heterocycles. The summed E-state index contributed by atoms with van der Waals surface area (Å²) < 4.78 is 0.275. The van der Waals surface area contributed by atoms with E-state index in [9.17, 15) is 0 Å².